The predicted octanol–water partition coefficient (Wildman–Crippen LogP) is 2.62. The Balaban J connectivity index is 1.96. The van der Waals surface area contributed by atoms with E-state index in [0.29, 0.717) is 6.54 Å². The van der Waals surface area contributed by atoms with Crippen LogP contribution in [-0.4, -0.2) is 12.6 Å². The molecule has 2 aromatic rings. The van der Waals surface area contributed by atoms with Crippen molar-refractivity contribution in [3.8, 4) is 16.9 Å². The van der Waals surface area contributed by atoms with Crippen molar-refractivity contribution >= 4 is 0 Å². The third-order valence-electron chi connectivity index (χ3n) is 3.17. The fraction of sp³-hybridized carbons (Fsp3) is 0.200. The van der Waals surface area contributed by atoms with E-state index in [1.54, 1.807) is 0 Å². The van der Waals surface area contributed by atoms with E-state index in [-0.39, 0.29) is 6.10 Å². The summed E-state index contributed by atoms with van der Waals surface area (Å²) in [5.74, 6) is 0.986. The maximum Gasteiger partial charge on any atom is 0.123 e. The number of hydrogen-bond donors (Lipinski definition) is 1. The highest BCUT2D eigenvalue weighted by atomic mass is 16.5. The highest BCUT2D eigenvalue weighted by molar-refractivity contribution is 5.66. The second-order valence-corrected chi connectivity index (χ2v) is 4.37. The third kappa shape index (κ3) is 1.92. The van der Waals surface area contributed by atoms with Crippen LogP contribution in [0, 0.1) is 0 Å². The van der Waals surface area contributed by atoms with E-state index in [0.717, 1.165) is 12.2 Å². The van der Waals surface area contributed by atoms with Crippen LogP contribution in [0.1, 0.15) is 5.56 Å². The molecule has 3 rings (SSSR count). The van der Waals surface area contributed by atoms with Crippen molar-refractivity contribution in [2.24, 2.45) is 5.73 Å². The maximum absolute atomic E-state index is 5.72. The van der Waals surface area contributed by atoms with Crippen LogP contribution in [0.2, 0.25) is 0 Å². The maximum atomic E-state index is 5.72. The monoisotopic (exact) mass is 225 g/mol. The molecule has 1 unspecified atom stereocenters. The largest absolute Gasteiger partial charge is 0.488 e. The average molecular weight is 225 g/mol. The van der Waals surface area contributed by atoms with Crippen LogP contribution >= 0.6 is 0 Å². The Bertz CT molecular complexity index is 522. The zero-order valence-corrected chi connectivity index (χ0v) is 9.60. The minimum atomic E-state index is 0.149. The molecule has 86 valence electrons. The Labute approximate surface area is 101 Å². The van der Waals surface area contributed by atoms with Crippen LogP contribution in [0.5, 0.6) is 5.75 Å². The van der Waals surface area contributed by atoms with E-state index in [4.69, 9.17) is 10.5 Å². The third-order valence-corrected chi connectivity index (χ3v) is 3.17. The fourth-order valence-electron chi connectivity index (χ4n) is 2.26. The van der Waals surface area contributed by atoms with E-state index in [1.165, 1.54) is 16.7 Å². The second-order valence-electron chi connectivity index (χ2n) is 4.37. The van der Waals surface area contributed by atoms with E-state index < -0.39 is 0 Å². The van der Waals surface area contributed by atoms with Gasteiger partial charge in [0.05, 0.1) is 0 Å². The zero-order valence-electron chi connectivity index (χ0n) is 9.60. The first-order valence-corrected chi connectivity index (χ1v) is 5.92. The van der Waals surface area contributed by atoms with Gasteiger partial charge in [-0.2, -0.15) is 0 Å². The summed E-state index contributed by atoms with van der Waals surface area (Å²) in [5.41, 5.74) is 9.39. The number of benzene rings is 2. The van der Waals surface area contributed by atoms with Crippen molar-refractivity contribution in [2.75, 3.05) is 6.54 Å². The Morgan fingerprint density at radius 3 is 2.65 bits per heavy atom. The van der Waals surface area contributed by atoms with Gasteiger partial charge >= 0.3 is 0 Å². The molecule has 0 amide bonds. The molecule has 1 aliphatic heterocycles. The van der Waals surface area contributed by atoms with Gasteiger partial charge in [0.2, 0.25) is 0 Å². The lowest BCUT2D eigenvalue weighted by atomic mass is 10.0. The number of nitrogens with two attached hydrogens (primary N) is 1. The first-order chi connectivity index (χ1) is 8.36. The van der Waals surface area contributed by atoms with E-state index in [9.17, 15) is 0 Å². The van der Waals surface area contributed by atoms with Gasteiger partial charge in [0.25, 0.3) is 0 Å². The molecular weight excluding hydrogens is 210 g/mol. The standard InChI is InChI=1S/C15H15NO/c16-10-14-9-13-8-12(6-7-15(13)17-14)11-4-2-1-3-5-11/h1-8,14H,9-10,16H2. The van der Waals surface area contributed by atoms with Crippen LogP contribution in [0.15, 0.2) is 48.5 Å². The number of ether oxygens (including phenoxy) is 1. The summed E-state index contributed by atoms with van der Waals surface area (Å²) in [7, 11) is 0. The molecule has 1 aliphatic rings. The Kier molecular flexibility index (Phi) is 2.57. The van der Waals surface area contributed by atoms with Gasteiger partial charge in [-0.25, -0.2) is 0 Å². The smallest absolute Gasteiger partial charge is 0.123 e. The Hall–Kier alpha value is -1.80. The number of hydrogen-bond acceptors (Lipinski definition) is 2. The van der Waals surface area contributed by atoms with Gasteiger partial charge in [-0.15, -0.1) is 0 Å². The molecule has 0 spiro atoms. The summed E-state index contributed by atoms with van der Waals surface area (Å²) in [4.78, 5) is 0. The lowest BCUT2D eigenvalue weighted by Crippen LogP contribution is -2.24. The Morgan fingerprint density at radius 1 is 1.06 bits per heavy atom. The van der Waals surface area contributed by atoms with Crippen molar-refractivity contribution in [1.82, 2.24) is 0 Å². The summed E-state index contributed by atoms with van der Waals surface area (Å²) in [6, 6.07) is 16.8. The molecular formula is C15H15NO. The normalized spacial score (nSPS) is 17.6. The molecule has 0 aliphatic carbocycles. The molecule has 0 saturated carbocycles. The lowest BCUT2D eigenvalue weighted by molar-refractivity contribution is 0.241. The van der Waals surface area contributed by atoms with E-state index >= 15 is 0 Å². The van der Waals surface area contributed by atoms with Gasteiger partial charge in [-0.3, -0.25) is 0 Å². The molecule has 1 heterocycles. The molecule has 0 fully saturated rings. The average Bonchev–Trinajstić information content (AvgIpc) is 2.81. The molecule has 2 N–H and O–H groups in total. The highest BCUT2D eigenvalue weighted by Crippen LogP contribution is 2.32. The second kappa shape index (κ2) is 4.22. The highest BCUT2D eigenvalue weighted by Gasteiger charge is 2.21. The summed E-state index contributed by atoms with van der Waals surface area (Å²) < 4.78 is 5.72. The number of rotatable bonds is 2. The summed E-state index contributed by atoms with van der Waals surface area (Å²) in [6.45, 7) is 0.579. The molecule has 0 aromatic heterocycles. The van der Waals surface area contributed by atoms with Gasteiger partial charge in [-0.1, -0.05) is 36.4 Å². The van der Waals surface area contributed by atoms with Gasteiger partial charge in [-0.05, 0) is 28.8 Å². The molecule has 0 radical (unpaired) electrons. The van der Waals surface area contributed by atoms with Crippen molar-refractivity contribution < 1.29 is 4.74 Å². The molecule has 1 atom stereocenters. The molecule has 2 nitrogen and oxygen atoms in total. The van der Waals surface area contributed by atoms with Crippen LogP contribution in [0.25, 0.3) is 11.1 Å². The molecule has 2 aromatic carbocycles. The van der Waals surface area contributed by atoms with Gasteiger partial charge in [0.15, 0.2) is 0 Å². The number of fused-ring (bicyclic) bond motifs is 1. The first kappa shape index (κ1) is 10.4. The molecule has 0 bridgehead atoms. The summed E-state index contributed by atoms with van der Waals surface area (Å²) >= 11 is 0. The topological polar surface area (TPSA) is 35.2 Å². The van der Waals surface area contributed by atoms with E-state index in [2.05, 4.69) is 36.4 Å². The van der Waals surface area contributed by atoms with Crippen LogP contribution in [-0.2, 0) is 6.42 Å². The van der Waals surface area contributed by atoms with Crippen molar-refractivity contribution in [3.05, 3.63) is 54.1 Å². The van der Waals surface area contributed by atoms with Gasteiger partial charge < -0.3 is 10.5 Å². The summed E-state index contributed by atoms with van der Waals surface area (Å²) in [6.07, 6.45) is 1.07. The predicted molar refractivity (Wildman–Crippen MR) is 69.1 cm³/mol. The quantitative estimate of drug-likeness (QED) is 0.852. The van der Waals surface area contributed by atoms with Crippen LogP contribution in [0.4, 0.5) is 0 Å². The van der Waals surface area contributed by atoms with Crippen molar-refractivity contribution in [3.63, 3.8) is 0 Å². The molecule has 17 heavy (non-hydrogen) atoms. The SMILES string of the molecule is NCC1Cc2cc(-c3ccccc3)ccc2O1. The molecule has 2 heteroatoms. The van der Waals surface area contributed by atoms with Crippen molar-refractivity contribution in [2.45, 2.75) is 12.5 Å². The fourth-order valence-corrected chi connectivity index (χ4v) is 2.26. The molecule has 0 saturated heterocycles. The van der Waals surface area contributed by atoms with Gasteiger partial charge in [0, 0.05) is 13.0 Å². The Morgan fingerprint density at radius 2 is 1.88 bits per heavy atom. The summed E-state index contributed by atoms with van der Waals surface area (Å²) in [5, 5.41) is 0. The zero-order chi connectivity index (χ0) is 11.7. The van der Waals surface area contributed by atoms with E-state index in [1.807, 2.05) is 12.1 Å². The lowest BCUT2D eigenvalue weighted by Gasteiger charge is -2.06. The first-order valence-electron chi connectivity index (χ1n) is 5.92. The van der Waals surface area contributed by atoms with Crippen molar-refractivity contribution in [1.29, 1.82) is 0 Å². The van der Waals surface area contributed by atoms with Crippen LogP contribution in [0.3, 0.4) is 0 Å². The minimum absolute atomic E-state index is 0.149. The minimum Gasteiger partial charge on any atom is -0.488 e. The van der Waals surface area contributed by atoms with Crippen LogP contribution < -0.4 is 10.5 Å². The van der Waals surface area contributed by atoms with Gasteiger partial charge in [0.1, 0.15) is 11.9 Å².